The molecular weight excluding hydrogens is 272 g/mol. The monoisotopic (exact) mass is 288 g/mol. The Morgan fingerprint density at radius 2 is 1.90 bits per heavy atom. The van der Waals surface area contributed by atoms with Crippen molar-refractivity contribution in [2.45, 2.75) is 26.2 Å². The van der Waals surface area contributed by atoms with Gasteiger partial charge in [-0.05, 0) is 12.5 Å². The maximum Gasteiger partial charge on any atom is 0.290 e. The van der Waals surface area contributed by atoms with E-state index in [1.807, 2.05) is 6.92 Å². The average molecular weight is 288 g/mol. The van der Waals surface area contributed by atoms with Gasteiger partial charge in [0, 0.05) is 11.8 Å². The van der Waals surface area contributed by atoms with E-state index in [0.29, 0.717) is 17.2 Å². The van der Waals surface area contributed by atoms with Crippen molar-refractivity contribution in [3.63, 3.8) is 0 Å². The number of nitrogens with zero attached hydrogens (tertiary/aromatic N) is 1. The molecule has 21 heavy (non-hydrogen) atoms. The Bertz CT molecular complexity index is 723. The van der Waals surface area contributed by atoms with Crippen molar-refractivity contribution in [2.24, 2.45) is 0 Å². The number of unbranched alkanes of at least 4 members (excludes halogenated alkanes) is 1. The summed E-state index contributed by atoms with van der Waals surface area (Å²) in [6, 6.07) is 6.64. The molecule has 7 heteroatoms. The van der Waals surface area contributed by atoms with Crippen molar-refractivity contribution in [3.05, 3.63) is 40.3 Å². The van der Waals surface area contributed by atoms with E-state index in [-0.39, 0.29) is 17.2 Å². The number of nitrogens with one attached hydrogen (secondary N) is 3. The summed E-state index contributed by atoms with van der Waals surface area (Å²) < 4.78 is 0. The number of carbonyl (C=O) groups excluding carboxylic acids is 2. The van der Waals surface area contributed by atoms with Gasteiger partial charge in [-0.15, -0.1) is 0 Å². The fourth-order valence-electron chi connectivity index (χ4n) is 1.87. The van der Waals surface area contributed by atoms with Gasteiger partial charge in [0.05, 0.1) is 5.39 Å². The number of H-pyrrole nitrogens is 1. The summed E-state index contributed by atoms with van der Waals surface area (Å²) in [6.07, 6.45) is 1.99. The molecule has 2 amide bonds. The summed E-state index contributed by atoms with van der Waals surface area (Å²) in [5, 5.41) is 6.81. The summed E-state index contributed by atoms with van der Waals surface area (Å²) in [7, 11) is 0. The number of benzene rings is 1. The van der Waals surface area contributed by atoms with Crippen LogP contribution in [0, 0.1) is 0 Å². The van der Waals surface area contributed by atoms with E-state index in [1.165, 1.54) is 0 Å². The zero-order chi connectivity index (χ0) is 15.2. The predicted octanol–water partition coefficient (Wildman–Crippen LogP) is 0.874. The zero-order valence-electron chi connectivity index (χ0n) is 11.6. The van der Waals surface area contributed by atoms with Gasteiger partial charge in [-0.3, -0.25) is 25.2 Å². The minimum Gasteiger partial charge on any atom is -0.273 e. The van der Waals surface area contributed by atoms with E-state index in [9.17, 15) is 14.4 Å². The molecule has 3 N–H and O–H groups in total. The molecule has 2 rings (SSSR count). The van der Waals surface area contributed by atoms with Crippen LogP contribution in [0.2, 0.25) is 0 Å². The van der Waals surface area contributed by atoms with Crippen LogP contribution in [-0.4, -0.2) is 22.0 Å². The first-order valence-electron chi connectivity index (χ1n) is 6.70. The first-order valence-corrected chi connectivity index (χ1v) is 6.70. The SMILES string of the molecule is CCCCC(=O)NNC(=O)c1n[nH]c(=O)c2ccccc12. The first kappa shape index (κ1) is 14.7. The smallest absolute Gasteiger partial charge is 0.273 e. The Morgan fingerprint density at radius 3 is 2.62 bits per heavy atom. The van der Waals surface area contributed by atoms with Gasteiger partial charge in [0.15, 0.2) is 5.69 Å². The molecule has 7 nitrogen and oxygen atoms in total. The molecule has 0 aliphatic carbocycles. The third-order valence-corrected chi connectivity index (χ3v) is 2.98. The van der Waals surface area contributed by atoms with E-state index >= 15 is 0 Å². The molecule has 0 radical (unpaired) electrons. The molecule has 0 saturated carbocycles. The third kappa shape index (κ3) is 3.44. The fourth-order valence-corrected chi connectivity index (χ4v) is 1.87. The van der Waals surface area contributed by atoms with Gasteiger partial charge in [-0.25, -0.2) is 5.10 Å². The van der Waals surface area contributed by atoms with Gasteiger partial charge < -0.3 is 0 Å². The van der Waals surface area contributed by atoms with Crippen molar-refractivity contribution in [1.82, 2.24) is 21.0 Å². The average Bonchev–Trinajstić information content (AvgIpc) is 2.51. The van der Waals surface area contributed by atoms with Crippen LogP contribution in [0.15, 0.2) is 29.1 Å². The number of carbonyl (C=O) groups is 2. The lowest BCUT2D eigenvalue weighted by molar-refractivity contribution is -0.121. The number of hydrogen-bond donors (Lipinski definition) is 3. The van der Waals surface area contributed by atoms with Crippen LogP contribution in [0.3, 0.4) is 0 Å². The van der Waals surface area contributed by atoms with Crippen molar-refractivity contribution in [3.8, 4) is 0 Å². The number of aromatic amines is 1. The van der Waals surface area contributed by atoms with Crippen LogP contribution >= 0.6 is 0 Å². The molecule has 0 fully saturated rings. The molecule has 2 aromatic rings. The number of hydrazine groups is 1. The van der Waals surface area contributed by atoms with Crippen LogP contribution < -0.4 is 16.4 Å². The molecule has 0 atom stereocenters. The molecule has 0 aliphatic rings. The van der Waals surface area contributed by atoms with Gasteiger partial charge in [0.2, 0.25) is 5.91 Å². The third-order valence-electron chi connectivity index (χ3n) is 2.98. The Hall–Kier alpha value is -2.70. The first-order chi connectivity index (χ1) is 10.1. The number of hydrogen-bond acceptors (Lipinski definition) is 4. The molecule has 110 valence electrons. The number of aromatic nitrogens is 2. The van der Waals surface area contributed by atoms with Gasteiger partial charge in [0.1, 0.15) is 0 Å². The van der Waals surface area contributed by atoms with E-state index < -0.39 is 5.91 Å². The number of amides is 2. The van der Waals surface area contributed by atoms with Crippen molar-refractivity contribution in [2.75, 3.05) is 0 Å². The lowest BCUT2D eigenvalue weighted by Crippen LogP contribution is -2.42. The van der Waals surface area contributed by atoms with Gasteiger partial charge in [-0.1, -0.05) is 31.5 Å². The molecule has 0 bridgehead atoms. The highest BCUT2D eigenvalue weighted by atomic mass is 16.2. The minimum atomic E-state index is -0.577. The summed E-state index contributed by atoms with van der Waals surface area (Å²) in [4.78, 5) is 35.1. The van der Waals surface area contributed by atoms with Crippen LogP contribution in [0.1, 0.15) is 36.7 Å². The minimum absolute atomic E-state index is 0.0565. The van der Waals surface area contributed by atoms with Crippen molar-refractivity contribution < 1.29 is 9.59 Å². The molecule has 1 aromatic carbocycles. The van der Waals surface area contributed by atoms with Crippen molar-refractivity contribution in [1.29, 1.82) is 0 Å². The molecule has 0 unspecified atom stereocenters. The maximum absolute atomic E-state index is 12.0. The highest BCUT2D eigenvalue weighted by Crippen LogP contribution is 2.11. The van der Waals surface area contributed by atoms with E-state index in [2.05, 4.69) is 21.0 Å². The van der Waals surface area contributed by atoms with Crippen molar-refractivity contribution >= 4 is 22.6 Å². The summed E-state index contributed by atoms with van der Waals surface area (Å²) in [5.41, 5.74) is 4.31. The van der Waals surface area contributed by atoms with E-state index in [0.717, 1.165) is 12.8 Å². The van der Waals surface area contributed by atoms with E-state index in [4.69, 9.17) is 0 Å². The highest BCUT2D eigenvalue weighted by molar-refractivity contribution is 6.05. The second kappa shape index (κ2) is 6.65. The van der Waals surface area contributed by atoms with Gasteiger partial charge in [-0.2, -0.15) is 5.10 Å². The second-order valence-electron chi connectivity index (χ2n) is 4.55. The molecule has 1 aromatic heterocycles. The molecule has 0 spiro atoms. The molecule has 0 aliphatic heterocycles. The lowest BCUT2D eigenvalue weighted by atomic mass is 10.1. The summed E-state index contributed by atoms with van der Waals surface area (Å²) in [5.74, 6) is -0.841. The topological polar surface area (TPSA) is 104 Å². The standard InChI is InChI=1S/C14H16N4O3/c1-2-3-8-11(19)15-18-14(21)12-9-6-4-5-7-10(9)13(20)17-16-12/h4-7H,2-3,8H2,1H3,(H,15,19)(H,17,20)(H,18,21). The molecule has 0 saturated heterocycles. The van der Waals surface area contributed by atoms with Crippen LogP contribution in [0.25, 0.3) is 10.8 Å². The molecular formula is C14H16N4O3. The highest BCUT2D eigenvalue weighted by Gasteiger charge is 2.14. The zero-order valence-corrected chi connectivity index (χ0v) is 11.6. The second-order valence-corrected chi connectivity index (χ2v) is 4.55. The fraction of sp³-hybridized carbons (Fsp3) is 0.286. The maximum atomic E-state index is 12.0. The Labute approximate surface area is 120 Å². The molecule has 1 heterocycles. The van der Waals surface area contributed by atoms with Crippen LogP contribution in [0.5, 0.6) is 0 Å². The van der Waals surface area contributed by atoms with Crippen LogP contribution in [0.4, 0.5) is 0 Å². The van der Waals surface area contributed by atoms with E-state index in [1.54, 1.807) is 24.3 Å². The Morgan fingerprint density at radius 1 is 1.19 bits per heavy atom. The van der Waals surface area contributed by atoms with Gasteiger partial charge in [0.25, 0.3) is 11.5 Å². The number of rotatable bonds is 4. The predicted molar refractivity (Wildman–Crippen MR) is 77.5 cm³/mol. The summed E-state index contributed by atoms with van der Waals surface area (Å²) >= 11 is 0. The Balaban J connectivity index is 2.15. The number of fused-ring (bicyclic) bond motifs is 1. The van der Waals surface area contributed by atoms with Crippen LogP contribution in [-0.2, 0) is 4.79 Å². The largest absolute Gasteiger partial charge is 0.290 e. The normalized spacial score (nSPS) is 10.3. The summed E-state index contributed by atoms with van der Waals surface area (Å²) in [6.45, 7) is 1.97. The lowest BCUT2D eigenvalue weighted by Gasteiger charge is -2.07. The Kier molecular flexibility index (Phi) is 4.65. The quantitative estimate of drug-likeness (QED) is 0.726. The van der Waals surface area contributed by atoms with Gasteiger partial charge >= 0.3 is 0 Å².